The molecule has 6 nitrogen and oxygen atoms in total. The molecule has 1 spiro atoms. The maximum absolute atomic E-state index is 12.8. The molecule has 2 aliphatic heterocycles. The first-order valence-corrected chi connectivity index (χ1v) is 10.2. The zero-order chi connectivity index (χ0) is 18.2. The van der Waals surface area contributed by atoms with Crippen LogP contribution in [-0.2, 0) is 14.8 Å². The summed E-state index contributed by atoms with van der Waals surface area (Å²) in [6.45, 7) is 3.79. The van der Waals surface area contributed by atoms with Gasteiger partial charge in [-0.2, -0.15) is 4.31 Å². The van der Waals surface area contributed by atoms with Crippen LogP contribution in [-0.4, -0.2) is 49.6 Å². The summed E-state index contributed by atoms with van der Waals surface area (Å²) in [5, 5.41) is 0. The molecule has 0 bridgehead atoms. The molecule has 7 heteroatoms. The first-order valence-electron chi connectivity index (χ1n) is 8.73. The Kier molecular flexibility index (Phi) is 4.46. The molecule has 26 heavy (non-hydrogen) atoms. The molecule has 1 unspecified atom stereocenters. The van der Waals surface area contributed by atoms with Gasteiger partial charge in [0.05, 0.1) is 17.7 Å². The van der Waals surface area contributed by atoms with E-state index in [1.807, 2.05) is 25.1 Å². The highest BCUT2D eigenvalue weighted by Gasteiger charge is 2.56. The third-order valence-electron chi connectivity index (χ3n) is 5.20. The van der Waals surface area contributed by atoms with Crippen LogP contribution in [0.4, 0.5) is 0 Å². The van der Waals surface area contributed by atoms with E-state index in [0.717, 1.165) is 17.7 Å². The summed E-state index contributed by atoms with van der Waals surface area (Å²) in [7, 11) is -3.48. The van der Waals surface area contributed by atoms with Crippen LogP contribution in [0.25, 0.3) is 0 Å². The van der Waals surface area contributed by atoms with Crippen molar-refractivity contribution in [3.05, 3.63) is 54.4 Å². The fraction of sp³-hybridized carbons (Fsp3) is 0.421. The zero-order valence-corrected chi connectivity index (χ0v) is 15.5. The number of pyridine rings is 1. The minimum Gasteiger partial charge on any atom is -0.492 e. The molecule has 2 aromatic rings. The molecule has 2 aliphatic rings. The summed E-state index contributed by atoms with van der Waals surface area (Å²) in [6, 6.07) is 10.7. The fourth-order valence-electron chi connectivity index (χ4n) is 3.64. The van der Waals surface area contributed by atoms with Crippen molar-refractivity contribution < 1.29 is 17.9 Å². The first kappa shape index (κ1) is 17.5. The van der Waals surface area contributed by atoms with E-state index in [2.05, 4.69) is 4.98 Å². The van der Waals surface area contributed by atoms with Crippen molar-refractivity contribution in [2.45, 2.75) is 23.8 Å². The van der Waals surface area contributed by atoms with Crippen molar-refractivity contribution in [3.63, 3.8) is 0 Å². The van der Waals surface area contributed by atoms with Gasteiger partial charge in [-0.1, -0.05) is 12.1 Å². The van der Waals surface area contributed by atoms with Crippen LogP contribution in [0.3, 0.4) is 0 Å². The molecule has 0 radical (unpaired) electrons. The van der Waals surface area contributed by atoms with Gasteiger partial charge >= 0.3 is 0 Å². The molecule has 1 aromatic carbocycles. The number of hydrogen-bond acceptors (Lipinski definition) is 5. The lowest BCUT2D eigenvalue weighted by molar-refractivity contribution is -0.107. The molecule has 2 saturated heterocycles. The summed E-state index contributed by atoms with van der Waals surface area (Å²) in [5.41, 5.74) is 0.500. The number of nitrogens with zero attached hydrogens (tertiary/aromatic N) is 2. The van der Waals surface area contributed by atoms with Crippen molar-refractivity contribution in [2.75, 3.05) is 26.3 Å². The third-order valence-corrected chi connectivity index (χ3v) is 6.99. The van der Waals surface area contributed by atoms with Crippen LogP contribution >= 0.6 is 0 Å². The largest absolute Gasteiger partial charge is 0.492 e. The second-order valence-corrected chi connectivity index (χ2v) is 8.93. The Morgan fingerprint density at radius 3 is 2.88 bits per heavy atom. The molecule has 3 heterocycles. The predicted molar refractivity (Wildman–Crippen MR) is 96.5 cm³/mol. The summed E-state index contributed by atoms with van der Waals surface area (Å²) in [6.07, 6.45) is 4.25. The summed E-state index contributed by atoms with van der Waals surface area (Å²) in [5.74, 6) is 0.893. The summed E-state index contributed by atoms with van der Waals surface area (Å²) in [4.78, 5) is 4.38. The maximum atomic E-state index is 12.8. The van der Waals surface area contributed by atoms with Gasteiger partial charge in [0, 0.05) is 31.8 Å². The van der Waals surface area contributed by atoms with Crippen molar-refractivity contribution in [1.82, 2.24) is 9.29 Å². The third kappa shape index (κ3) is 3.11. The van der Waals surface area contributed by atoms with E-state index in [1.54, 1.807) is 30.6 Å². The summed E-state index contributed by atoms with van der Waals surface area (Å²) < 4.78 is 38.9. The van der Waals surface area contributed by atoms with Crippen LogP contribution < -0.4 is 4.74 Å². The second-order valence-electron chi connectivity index (χ2n) is 6.99. The topological polar surface area (TPSA) is 68.7 Å². The van der Waals surface area contributed by atoms with Gasteiger partial charge in [0.2, 0.25) is 10.0 Å². The Morgan fingerprint density at radius 1 is 1.31 bits per heavy atom. The van der Waals surface area contributed by atoms with Crippen LogP contribution in [0.1, 0.15) is 12.0 Å². The van der Waals surface area contributed by atoms with Crippen molar-refractivity contribution in [1.29, 1.82) is 0 Å². The van der Waals surface area contributed by atoms with E-state index in [-0.39, 0.29) is 5.92 Å². The monoisotopic (exact) mass is 374 g/mol. The lowest BCUT2D eigenvalue weighted by Gasteiger charge is -2.49. The number of aromatic nitrogens is 1. The van der Waals surface area contributed by atoms with E-state index in [9.17, 15) is 8.42 Å². The molecular weight excluding hydrogens is 352 g/mol. The number of ether oxygens (including phenoxy) is 2. The van der Waals surface area contributed by atoms with Gasteiger partial charge in [-0.25, -0.2) is 8.42 Å². The molecule has 2 fully saturated rings. The minimum absolute atomic E-state index is 0.173. The number of aryl methyl sites for hydroxylation is 1. The van der Waals surface area contributed by atoms with Gasteiger partial charge in [-0.05, 0) is 43.2 Å². The Hall–Kier alpha value is -1.96. The molecule has 1 atom stereocenters. The number of benzene rings is 1. The van der Waals surface area contributed by atoms with Crippen molar-refractivity contribution in [2.24, 2.45) is 5.92 Å². The van der Waals surface area contributed by atoms with Crippen LogP contribution in [0.15, 0.2) is 53.7 Å². The lowest BCUT2D eigenvalue weighted by Crippen LogP contribution is -2.66. The molecule has 0 saturated carbocycles. The quantitative estimate of drug-likeness (QED) is 0.803. The predicted octanol–water partition coefficient (Wildman–Crippen LogP) is 2.25. The van der Waals surface area contributed by atoms with Gasteiger partial charge in [-0.15, -0.1) is 0 Å². The molecular formula is C19H22N2O4S. The van der Waals surface area contributed by atoms with Gasteiger partial charge in [-0.3, -0.25) is 4.98 Å². The first-order chi connectivity index (χ1) is 12.5. The Morgan fingerprint density at radius 2 is 2.15 bits per heavy atom. The van der Waals surface area contributed by atoms with E-state index in [0.29, 0.717) is 31.2 Å². The van der Waals surface area contributed by atoms with E-state index < -0.39 is 15.6 Å². The van der Waals surface area contributed by atoms with Crippen LogP contribution in [0.5, 0.6) is 5.75 Å². The number of hydrogen-bond donors (Lipinski definition) is 0. The number of rotatable bonds is 5. The molecule has 138 valence electrons. The van der Waals surface area contributed by atoms with Crippen molar-refractivity contribution in [3.8, 4) is 5.75 Å². The molecule has 4 rings (SSSR count). The zero-order valence-electron chi connectivity index (χ0n) is 14.7. The number of sulfonamides is 1. The Balaban J connectivity index is 1.43. The van der Waals surface area contributed by atoms with Crippen LogP contribution in [0, 0.1) is 12.8 Å². The highest BCUT2D eigenvalue weighted by atomic mass is 32.2. The van der Waals surface area contributed by atoms with Gasteiger partial charge in [0.25, 0.3) is 0 Å². The summed E-state index contributed by atoms with van der Waals surface area (Å²) >= 11 is 0. The van der Waals surface area contributed by atoms with Gasteiger partial charge in [0.1, 0.15) is 11.4 Å². The molecule has 0 aliphatic carbocycles. The lowest BCUT2D eigenvalue weighted by atomic mass is 9.83. The Labute approximate surface area is 153 Å². The van der Waals surface area contributed by atoms with Gasteiger partial charge < -0.3 is 9.47 Å². The molecule has 0 amide bonds. The molecule has 0 N–H and O–H groups in total. The average molecular weight is 374 g/mol. The van der Waals surface area contributed by atoms with Crippen LogP contribution in [0.2, 0.25) is 0 Å². The maximum Gasteiger partial charge on any atom is 0.243 e. The average Bonchev–Trinajstić information content (AvgIpc) is 3.04. The minimum atomic E-state index is -3.48. The highest BCUT2D eigenvalue weighted by molar-refractivity contribution is 7.89. The van der Waals surface area contributed by atoms with E-state index in [1.165, 1.54) is 4.31 Å². The standard InChI is InChI=1S/C19H22N2O4S/c1-15-4-2-6-18(10-15)26(22,23)21-13-19(14-21)16(7-9-25-19)12-24-17-5-3-8-20-11-17/h2-6,8,10-11,16H,7,9,12-14H2,1H3. The SMILES string of the molecule is Cc1cccc(S(=O)(=O)N2CC3(C2)OCCC3COc2cccnc2)c1. The van der Waals surface area contributed by atoms with Crippen molar-refractivity contribution >= 4 is 10.0 Å². The van der Waals surface area contributed by atoms with Gasteiger partial charge in [0.15, 0.2) is 0 Å². The fourth-order valence-corrected chi connectivity index (χ4v) is 5.31. The van der Waals surface area contributed by atoms with E-state index >= 15 is 0 Å². The highest BCUT2D eigenvalue weighted by Crippen LogP contribution is 2.42. The van der Waals surface area contributed by atoms with E-state index in [4.69, 9.17) is 9.47 Å². The second kappa shape index (κ2) is 6.64. The molecule has 1 aromatic heterocycles. The Bertz CT molecular complexity index is 879. The smallest absolute Gasteiger partial charge is 0.243 e. The normalized spacial score (nSPS) is 22.3.